The predicted octanol–water partition coefficient (Wildman–Crippen LogP) is 6.10. The summed E-state index contributed by atoms with van der Waals surface area (Å²) in [5, 5.41) is 1.98. The van der Waals surface area contributed by atoms with Crippen LogP contribution in [0.15, 0.2) is 89.5 Å². The number of hydrogen-bond acceptors (Lipinski definition) is 3. The molecule has 174 valence electrons. The fraction of sp³-hybridized carbons (Fsp3) is 0.172. The third-order valence-electron chi connectivity index (χ3n) is 6.77. The average molecular weight is 525 g/mol. The van der Waals surface area contributed by atoms with Crippen molar-refractivity contribution in [2.24, 2.45) is 0 Å². The second kappa shape index (κ2) is 9.29. The van der Waals surface area contributed by atoms with E-state index < -0.39 is 0 Å². The fourth-order valence-corrected chi connectivity index (χ4v) is 5.28. The summed E-state index contributed by atoms with van der Waals surface area (Å²) < 4.78 is 1.01. The molecule has 0 saturated carbocycles. The molecule has 6 heteroatoms. The third-order valence-corrected chi connectivity index (χ3v) is 7.27. The lowest BCUT2D eigenvalue weighted by Gasteiger charge is -2.35. The molecule has 0 atom stereocenters. The smallest absolute Gasteiger partial charge is 0.254 e. The highest BCUT2D eigenvalue weighted by atomic mass is 79.9. The van der Waals surface area contributed by atoms with Crippen molar-refractivity contribution in [2.75, 3.05) is 26.2 Å². The van der Waals surface area contributed by atoms with Gasteiger partial charge in [-0.1, -0.05) is 64.5 Å². The van der Waals surface area contributed by atoms with Crippen LogP contribution in [0.1, 0.15) is 15.9 Å². The van der Waals surface area contributed by atoms with Gasteiger partial charge in [0.05, 0.1) is 16.8 Å². The highest BCUT2D eigenvalue weighted by molar-refractivity contribution is 9.10. The minimum atomic E-state index is 0.0743. The van der Waals surface area contributed by atoms with E-state index in [4.69, 9.17) is 4.98 Å². The maximum Gasteiger partial charge on any atom is 0.254 e. The number of amides is 1. The zero-order chi connectivity index (χ0) is 23.8. The lowest BCUT2D eigenvalue weighted by Crippen LogP contribution is -2.48. The molecule has 1 fully saturated rings. The first kappa shape index (κ1) is 22.0. The van der Waals surface area contributed by atoms with E-state index >= 15 is 0 Å². The molecule has 1 saturated heterocycles. The number of carbonyl (C=O) groups is 1. The van der Waals surface area contributed by atoms with Crippen molar-refractivity contribution in [3.8, 4) is 11.3 Å². The van der Waals surface area contributed by atoms with E-state index in [0.29, 0.717) is 5.56 Å². The molecular formula is C29H25BrN4O. The molecule has 2 aromatic heterocycles. The first-order valence-corrected chi connectivity index (χ1v) is 12.7. The molecule has 5 nitrogen and oxygen atoms in total. The van der Waals surface area contributed by atoms with Gasteiger partial charge in [0, 0.05) is 65.2 Å². The number of pyridine rings is 1. The van der Waals surface area contributed by atoms with Crippen molar-refractivity contribution in [1.82, 2.24) is 19.8 Å². The average Bonchev–Trinajstić information content (AvgIpc) is 3.32. The molecule has 0 spiro atoms. The zero-order valence-corrected chi connectivity index (χ0v) is 20.8. The Labute approximate surface area is 212 Å². The summed E-state index contributed by atoms with van der Waals surface area (Å²) in [6.45, 7) is 4.09. The van der Waals surface area contributed by atoms with Gasteiger partial charge < -0.3 is 9.88 Å². The number of nitrogens with one attached hydrogen (secondary N) is 1. The van der Waals surface area contributed by atoms with Gasteiger partial charge >= 0.3 is 0 Å². The summed E-state index contributed by atoms with van der Waals surface area (Å²) in [5.41, 5.74) is 5.70. The number of H-pyrrole nitrogens is 1. The standard InChI is InChI=1S/C29H25BrN4O/c30-21-10-11-26-23(16-21)25(18-31-26)28-17-24(22-8-4-5-9-27(22)32-28)29(35)34-14-12-33(13-15-34)19-20-6-2-1-3-7-20/h1-11,16-18,31H,12-15,19H2. The minimum Gasteiger partial charge on any atom is -0.360 e. The van der Waals surface area contributed by atoms with E-state index in [9.17, 15) is 4.79 Å². The van der Waals surface area contributed by atoms with Crippen molar-refractivity contribution >= 4 is 43.6 Å². The SMILES string of the molecule is O=C(c1cc(-c2c[nH]c3ccc(Br)cc23)nc2ccccc12)N1CCN(Cc2ccccc2)CC1. The van der Waals surface area contributed by atoms with Crippen LogP contribution in [0.5, 0.6) is 0 Å². The van der Waals surface area contributed by atoms with Gasteiger partial charge in [-0.05, 0) is 35.9 Å². The van der Waals surface area contributed by atoms with Crippen molar-refractivity contribution < 1.29 is 4.79 Å². The number of para-hydroxylation sites is 1. The molecule has 0 aliphatic carbocycles. The van der Waals surface area contributed by atoms with E-state index in [-0.39, 0.29) is 5.91 Å². The van der Waals surface area contributed by atoms with Crippen LogP contribution in [0.2, 0.25) is 0 Å². The van der Waals surface area contributed by atoms with Crippen molar-refractivity contribution in [2.45, 2.75) is 6.54 Å². The van der Waals surface area contributed by atoms with Crippen LogP contribution in [-0.4, -0.2) is 51.9 Å². The van der Waals surface area contributed by atoms with E-state index in [1.165, 1.54) is 5.56 Å². The Morgan fingerprint density at radius 3 is 2.49 bits per heavy atom. The van der Waals surface area contributed by atoms with Crippen molar-refractivity contribution in [3.63, 3.8) is 0 Å². The number of aromatic amines is 1. The quantitative estimate of drug-likeness (QED) is 0.308. The first-order valence-electron chi connectivity index (χ1n) is 11.9. The second-order valence-electron chi connectivity index (χ2n) is 9.02. The number of rotatable bonds is 4. The molecule has 0 bridgehead atoms. The topological polar surface area (TPSA) is 52.2 Å². The predicted molar refractivity (Wildman–Crippen MR) is 144 cm³/mol. The van der Waals surface area contributed by atoms with Gasteiger partial charge in [-0.3, -0.25) is 9.69 Å². The van der Waals surface area contributed by atoms with E-state index in [1.807, 2.05) is 59.6 Å². The van der Waals surface area contributed by atoms with Gasteiger partial charge in [0.1, 0.15) is 0 Å². The molecule has 3 heterocycles. The number of aromatic nitrogens is 2. The summed E-state index contributed by atoms with van der Waals surface area (Å²) in [6, 6.07) is 26.6. The van der Waals surface area contributed by atoms with Crippen molar-refractivity contribution in [3.05, 3.63) is 101 Å². The maximum atomic E-state index is 13.8. The Bertz CT molecular complexity index is 1520. The first-order chi connectivity index (χ1) is 17.2. The van der Waals surface area contributed by atoms with Crippen LogP contribution in [0.3, 0.4) is 0 Å². The number of nitrogens with zero attached hydrogens (tertiary/aromatic N) is 3. The molecule has 1 aliphatic heterocycles. The highest BCUT2D eigenvalue weighted by Gasteiger charge is 2.24. The Balaban J connectivity index is 1.31. The summed E-state index contributed by atoms with van der Waals surface area (Å²) in [6.07, 6.45) is 1.98. The molecule has 3 aromatic carbocycles. The highest BCUT2D eigenvalue weighted by Crippen LogP contribution is 2.32. The molecule has 0 unspecified atom stereocenters. The number of carbonyl (C=O) groups excluding carboxylic acids is 1. The van der Waals surface area contributed by atoms with Gasteiger partial charge in [0.2, 0.25) is 0 Å². The Morgan fingerprint density at radius 1 is 0.886 bits per heavy atom. The number of piperazine rings is 1. The van der Waals surface area contributed by atoms with Crippen LogP contribution in [0, 0.1) is 0 Å². The van der Waals surface area contributed by atoms with Gasteiger partial charge in [-0.25, -0.2) is 4.98 Å². The van der Waals surface area contributed by atoms with Gasteiger partial charge in [-0.2, -0.15) is 0 Å². The fourth-order valence-electron chi connectivity index (χ4n) is 4.92. The Hall–Kier alpha value is -3.48. The lowest BCUT2D eigenvalue weighted by molar-refractivity contribution is 0.0630. The van der Waals surface area contributed by atoms with Crippen LogP contribution in [-0.2, 0) is 6.54 Å². The summed E-state index contributed by atoms with van der Waals surface area (Å²) >= 11 is 3.58. The zero-order valence-electron chi connectivity index (χ0n) is 19.2. The van der Waals surface area contributed by atoms with Crippen LogP contribution < -0.4 is 0 Å². The number of halogens is 1. The lowest BCUT2D eigenvalue weighted by atomic mass is 10.0. The Morgan fingerprint density at radius 2 is 1.66 bits per heavy atom. The minimum absolute atomic E-state index is 0.0743. The van der Waals surface area contributed by atoms with Gasteiger partial charge in [0.25, 0.3) is 5.91 Å². The number of benzene rings is 3. The van der Waals surface area contributed by atoms with Crippen molar-refractivity contribution in [1.29, 1.82) is 0 Å². The summed E-state index contributed by atoms with van der Waals surface area (Å²) in [4.78, 5) is 26.5. The van der Waals surface area contributed by atoms with E-state index in [0.717, 1.165) is 70.3 Å². The molecule has 1 amide bonds. The summed E-state index contributed by atoms with van der Waals surface area (Å²) in [7, 11) is 0. The van der Waals surface area contributed by atoms with Gasteiger partial charge in [-0.15, -0.1) is 0 Å². The normalized spacial score (nSPS) is 14.6. The largest absolute Gasteiger partial charge is 0.360 e. The molecule has 5 aromatic rings. The van der Waals surface area contributed by atoms with Crippen LogP contribution in [0.25, 0.3) is 33.1 Å². The van der Waals surface area contributed by atoms with E-state index in [2.05, 4.69) is 56.1 Å². The number of hydrogen-bond donors (Lipinski definition) is 1. The molecule has 1 aliphatic rings. The second-order valence-corrected chi connectivity index (χ2v) is 9.93. The molecule has 6 rings (SSSR count). The monoisotopic (exact) mass is 524 g/mol. The van der Waals surface area contributed by atoms with Gasteiger partial charge in [0.15, 0.2) is 0 Å². The molecule has 35 heavy (non-hydrogen) atoms. The van der Waals surface area contributed by atoms with Crippen LogP contribution >= 0.6 is 15.9 Å². The maximum absolute atomic E-state index is 13.8. The Kier molecular flexibility index (Phi) is 5.84. The molecule has 1 N–H and O–H groups in total. The summed E-state index contributed by atoms with van der Waals surface area (Å²) in [5.74, 6) is 0.0743. The molecule has 0 radical (unpaired) electrons. The molecular weight excluding hydrogens is 500 g/mol. The van der Waals surface area contributed by atoms with Crippen LogP contribution in [0.4, 0.5) is 0 Å². The number of fused-ring (bicyclic) bond motifs is 2. The van der Waals surface area contributed by atoms with E-state index in [1.54, 1.807) is 0 Å². The third kappa shape index (κ3) is 4.35.